The fourth-order valence-corrected chi connectivity index (χ4v) is 1.94. The quantitative estimate of drug-likeness (QED) is 0.769. The largest absolute Gasteiger partial charge is 0.277 e. The highest BCUT2D eigenvalue weighted by atomic mass is 16.7. The van der Waals surface area contributed by atoms with Crippen LogP contribution in [0.4, 0.5) is 5.69 Å². The summed E-state index contributed by atoms with van der Waals surface area (Å²) in [6.45, 7) is 4.27. The molecule has 0 spiro atoms. The molecule has 2 rings (SSSR count). The third-order valence-electron chi connectivity index (χ3n) is 3.19. The Morgan fingerprint density at radius 3 is 2.78 bits per heavy atom. The molecule has 0 unspecified atom stereocenters. The maximum atomic E-state index is 11.9. The second-order valence-electron chi connectivity index (χ2n) is 4.76. The first-order valence-corrected chi connectivity index (χ1v) is 6.05. The zero-order valence-corrected chi connectivity index (χ0v) is 11.2. The van der Waals surface area contributed by atoms with Crippen molar-refractivity contribution in [1.82, 2.24) is 5.06 Å². The lowest BCUT2D eigenvalue weighted by Gasteiger charge is -2.13. The number of hydroxylamine groups is 2. The van der Waals surface area contributed by atoms with Crippen LogP contribution in [0.5, 0.6) is 0 Å². The highest BCUT2D eigenvalue weighted by Gasteiger charge is 2.19. The fraction of sp³-hybridized carbons (Fsp3) is 0.429. The molecular weight excluding hydrogens is 228 g/mol. The normalized spacial score (nSPS) is 13.5. The average Bonchev–Trinajstić information content (AvgIpc) is 2.79. The molecule has 0 radical (unpaired) electrons. The van der Waals surface area contributed by atoms with Gasteiger partial charge in [-0.15, -0.1) is 0 Å². The SMILES string of the molecule is CON(C)C(=O)c1ccc2c(c1)N=C(C(C)C)C2. The molecule has 0 saturated carbocycles. The molecule has 0 aliphatic carbocycles. The average molecular weight is 246 g/mol. The summed E-state index contributed by atoms with van der Waals surface area (Å²) >= 11 is 0. The molecule has 18 heavy (non-hydrogen) atoms. The summed E-state index contributed by atoms with van der Waals surface area (Å²) in [5.74, 6) is 0.284. The Morgan fingerprint density at radius 2 is 2.17 bits per heavy atom. The van der Waals surface area contributed by atoms with E-state index in [9.17, 15) is 4.79 Å². The molecule has 1 amide bonds. The molecule has 4 heteroatoms. The summed E-state index contributed by atoms with van der Waals surface area (Å²) in [4.78, 5) is 21.4. The highest BCUT2D eigenvalue weighted by molar-refractivity contribution is 5.98. The first-order chi connectivity index (χ1) is 8.52. The van der Waals surface area contributed by atoms with Crippen LogP contribution in [0.15, 0.2) is 23.2 Å². The first kappa shape index (κ1) is 12.8. The molecule has 0 atom stereocenters. The Kier molecular flexibility index (Phi) is 3.48. The Morgan fingerprint density at radius 1 is 1.44 bits per heavy atom. The van der Waals surface area contributed by atoms with E-state index in [1.165, 1.54) is 23.4 Å². The monoisotopic (exact) mass is 246 g/mol. The van der Waals surface area contributed by atoms with Crippen molar-refractivity contribution in [3.8, 4) is 0 Å². The molecule has 0 fully saturated rings. The molecule has 1 aliphatic heterocycles. The molecule has 1 aliphatic rings. The first-order valence-electron chi connectivity index (χ1n) is 6.05. The maximum absolute atomic E-state index is 11.9. The molecule has 0 aromatic heterocycles. The van der Waals surface area contributed by atoms with Gasteiger partial charge in [0.15, 0.2) is 0 Å². The molecule has 1 aromatic carbocycles. The zero-order chi connectivity index (χ0) is 13.3. The van der Waals surface area contributed by atoms with Crippen LogP contribution >= 0.6 is 0 Å². The van der Waals surface area contributed by atoms with E-state index in [1.54, 1.807) is 7.05 Å². The van der Waals surface area contributed by atoms with Crippen molar-refractivity contribution >= 4 is 17.3 Å². The van der Waals surface area contributed by atoms with E-state index in [4.69, 9.17) is 4.84 Å². The van der Waals surface area contributed by atoms with Gasteiger partial charge in [-0.25, -0.2) is 5.06 Å². The minimum atomic E-state index is -0.159. The summed E-state index contributed by atoms with van der Waals surface area (Å²) in [5, 5.41) is 1.21. The van der Waals surface area contributed by atoms with Crippen LogP contribution in [0.1, 0.15) is 29.8 Å². The smallest absolute Gasteiger partial charge is 0.274 e. The van der Waals surface area contributed by atoms with Gasteiger partial charge in [-0.1, -0.05) is 19.9 Å². The van der Waals surface area contributed by atoms with E-state index >= 15 is 0 Å². The van der Waals surface area contributed by atoms with E-state index in [-0.39, 0.29) is 5.91 Å². The van der Waals surface area contributed by atoms with Gasteiger partial charge in [0.05, 0.1) is 12.8 Å². The van der Waals surface area contributed by atoms with Gasteiger partial charge in [-0.05, 0) is 23.6 Å². The van der Waals surface area contributed by atoms with E-state index in [0.29, 0.717) is 11.5 Å². The Balaban J connectivity index is 2.29. The Hall–Kier alpha value is -1.68. The number of fused-ring (bicyclic) bond motifs is 1. The van der Waals surface area contributed by atoms with E-state index in [1.807, 2.05) is 18.2 Å². The van der Waals surface area contributed by atoms with Crippen LogP contribution in [-0.2, 0) is 11.3 Å². The second-order valence-corrected chi connectivity index (χ2v) is 4.76. The Bertz CT molecular complexity index is 507. The standard InChI is InChI=1S/C14H18N2O2/c1-9(2)12-7-10-5-6-11(8-13(10)15-12)14(17)16(3)18-4/h5-6,8-9H,7H2,1-4H3. The second kappa shape index (κ2) is 4.90. The number of carbonyl (C=O) groups is 1. The fourth-order valence-electron chi connectivity index (χ4n) is 1.94. The van der Waals surface area contributed by atoms with Crippen molar-refractivity contribution < 1.29 is 9.63 Å². The van der Waals surface area contributed by atoms with Gasteiger partial charge in [-0.3, -0.25) is 14.6 Å². The maximum Gasteiger partial charge on any atom is 0.277 e. The van der Waals surface area contributed by atoms with Crippen LogP contribution in [0.3, 0.4) is 0 Å². The van der Waals surface area contributed by atoms with Crippen LogP contribution in [0.25, 0.3) is 0 Å². The molecule has 0 N–H and O–H groups in total. The van der Waals surface area contributed by atoms with Crippen LogP contribution in [0, 0.1) is 5.92 Å². The highest BCUT2D eigenvalue weighted by Crippen LogP contribution is 2.30. The van der Waals surface area contributed by atoms with Crippen molar-refractivity contribution in [3.63, 3.8) is 0 Å². The van der Waals surface area contributed by atoms with E-state index < -0.39 is 0 Å². The third-order valence-corrected chi connectivity index (χ3v) is 3.19. The van der Waals surface area contributed by atoms with Gasteiger partial charge in [0.25, 0.3) is 5.91 Å². The molecule has 96 valence electrons. The molecule has 0 saturated heterocycles. The summed E-state index contributed by atoms with van der Waals surface area (Å²) in [6.07, 6.45) is 0.890. The van der Waals surface area contributed by atoms with Crippen molar-refractivity contribution in [1.29, 1.82) is 0 Å². The number of hydrogen-bond acceptors (Lipinski definition) is 3. The number of amides is 1. The van der Waals surface area contributed by atoms with Gasteiger partial charge in [0.1, 0.15) is 0 Å². The molecule has 1 heterocycles. The number of hydrogen-bond donors (Lipinski definition) is 0. The van der Waals surface area contributed by atoms with Gasteiger partial charge >= 0.3 is 0 Å². The van der Waals surface area contributed by atoms with Crippen molar-refractivity contribution in [2.45, 2.75) is 20.3 Å². The van der Waals surface area contributed by atoms with E-state index in [0.717, 1.165) is 12.1 Å². The van der Waals surface area contributed by atoms with Crippen molar-refractivity contribution in [2.24, 2.45) is 10.9 Å². The molecule has 1 aromatic rings. The summed E-state index contributed by atoms with van der Waals surface area (Å²) < 4.78 is 0. The van der Waals surface area contributed by atoms with Crippen LogP contribution in [-0.4, -0.2) is 30.8 Å². The number of rotatable bonds is 3. The predicted octanol–water partition coefficient (Wildman–Crippen LogP) is 2.60. The predicted molar refractivity (Wildman–Crippen MR) is 71.2 cm³/mol. The third kappa shape index (κ3) is 2.29. The van der Waals surface area contributed by atoms with Crippen molar-refractivity contribution in [2.75, 3.05) is 14.2 Å². The lowest BCUT2D eigenvalue weighted by atomic mass is 10.0. The topological polar surface area (TPSA) is 41.9 Å². The lowest BCUT2D eigenvalue weighted by molar-refractivity contribution is -0.0756. The van der Waals surface area contributed by atoms with Gasteiger partial charge in [-0.2, -0.15) is 0 Å². The lowest BCUT2D eigenvalue weighted by Crippen LogP contribution is -2.25. The molecule has 4 nitrogen and oxygen atoms in total. The van der Waals surface area contributed by atoms with Crippen molar-refractivity contribution in [3.05, 3.63) is 29.3 Å². The minimum absolute atomic E-state index is 0.159. The van der Waals surface area contributed by atoms with Crippen LogP contribution < -0.4 is 0 Å². The number of nitrogens with zero attached hydrogens (tertiary/aromatic N) is 2. The number of carbonyl (C=O) groups excluding carboxylic acids is 1. The summed E-state index contributed by atoms with van der Waals surface area (Å²) in [7, 11) is 3.07. The van der Waals surface area contributed by atoms with E-state index in [2.05, 4.69) is 18.8 Å². The summed E-state index contributed by atoms with van der Waals surface area (Å²) in [5.41, 5.74) is 3.88. The molecular formula is C14H18N2O2. The van der Waals surface area contributed by atoms with Crippen LogP contribution in [0.2, 0.25) is 0 Å². The summed E-state index contributed by atoms with van der Waals surface area (Å²) in [6, 6.07) is 5.64. The number of benzene rings is 1. The minimum Gasteiger partial charge on any atom is -0.274 e. The van der Waals surface area contributed by atoms with Gasteiger partial charge in [0.2, 0.25) is 0 Å². The number of aliphatic imine (C=N–C) groups is 1. The Labute approximate surface area is 107 Å². The molecule has 0 bridgehead atoms. The van der Waals surface area contributed by atoms with Gasteiger partial charge in [0, 0.05) is 24.7 Å². The zero-order valence-electron chi connectivity index (χ0n) is 11.2. The van der Waals surface area contributed by atoms with Gasteiger partial charge < -0.3 is 0 Å².